The third-order valence-corrected chi connectivity index (χ3v) is 4.96. The average molecular weight is 350 g/mol. The molecule has 0 aliphatic rings. The molecule has 0 aliphatic heterocycles. The van der Waals surface area contributed by atoms with Crippen LogP contribution in [0.25, 0.3) is 27.6 Å². The summed E-state index contributed by atoms with van der Waals surface area (Å²) in [4.78, 5) is 21.6. The molecule has 0 bridgehead atoms. The van der Waals surface area contributed by atoms with Gasteiger partial charge in [-0.2, -0.15) is 0 Å². The number of benzene rings is 2. The van der Waals surface area contributed by atoms with E-state index in [1.165, 1.54) is 11.8 Å². The van der Waals surface area contributed by atoms with Crippen molar-refractivity contribution in [2.75, 3.05) is 12.3 Å². The Morgan fingerprint density at radius 1 is 1.08 bits per heavy atom. The van der Waals surface area contributed by atoms with Crippen molar-refractivity contribution in [3.63, 3.8) is 0 Å². The molecule has 0 aliphatic carbocycles. The minimum absolute atomic E-state index is 0.0272. The summed E-state index contributed by atoms with van der Waals surface area (Å²) in [7, 11) is 0. The van der Waals surface area contributed by atoms with E-state index in [1.54, 1.807) is 0 Å². The Hall–Kier alpha value is -2.60. The molecule has 0 spiro atoms. The van der Waals surface area contributed by atoms with Crippen molar-refractivity contribution in [1.29, 1.82) is 0 Å². The van der Waals surface area contributed by atoms with Gasteiger partial charge in [-0.1, -0.05) is 43.0 Å². The van der Waals surface area contributed by atoms with Gasteiger partial charge >= 0.3 is 0 Å². The van der Waals surface area contributed by atoms with Crippen LogP contribution in [-0.2, 0) is 4.79 Å². The molecular formula is C19H18N4OS. The lowest BCUT2D eigenvalue weighted by molar-refractivity contribution is -0.118. The minimum Gasteiger partial charge on any atom is -0.355 e. The quantitative estimate of drug-likeness (QED) is 0.441. The van der Waals surface area contributed by atoms with E-state index in [9.17, 15) is 4.79 Å². The topological polar surface area (TPSA) is 59.3 Å². The van der Waals surface area contributed by atoms with Gasteiger partial charge in [0.15, 0.2) is 5.16 Å². The predicted molar refractivity (Wildman–Crippen MR) is 102 cm³/mol. The monoisotopic (exact) mass is 350 g/mol. The molecule has 4 rings (SSSR count). The number of thioether (sulfide) groups is 1. The van der Waals surface area contributed by atoms with Crippen molar-refractivity contribution < 1.29 is 4.79 Å². The summed E-state index contributed by atoms with van der Waals surface area (Å²) < 4.78 is 2.05. The van der Waals surface area contributed by atoms with E-state index in [0.717, 1.165) is 39.2 Å². The van der Waals surface area contributed by atoms with Crippen LogP contribution in [-0.4, -0.2) is 32.6 Å². The van der Waals surface area contributed by atoms with Crippen LogP contribution < -0.4 is 5.32 Å². The predicted octanol–water partition coefficient (Wildman–Crippen LogP) is 3.65. The average Bonchev–Trinajstić information content (AvgIpc) is 3.04. The first kappa shape index (κ1) is 15.9. The second kappa shape index (κ2) is 6.72. The van der Waals surface area contributed by atoms with Crippen molar-refractivity contribution in [1.82, 2.24) is 19.7 Å². The van der Waals surface area contributed by atoms with Gasteiger partial charge in [0.2, 0.25) is 5.91 Å². The molecule has 0 saturated heterocycles. The van der Waals surface area contributed by atoms with Crippen LogP contribution in [0.15, 0.2) is 53.7 Å². The number of nitrogens with one attached hydrogen (secondary N) is 1. The third kappa shape index (κ3) is 2.93. The molecule has 0 unspecified atom stereocenters. The first-order chi connectivity index (χ1) is 12.3. The number of nitrogens with zero attached hydrogens (tertiary/aromatic N) is 3. The highest BCUT2D eigenvalue weighted by Crippen LogP contribution is 2.28. The summed E-state index contributed by atoms with van der Waals surface area (Å²) in [6.45, 7) is 2.74. The second-order valence-electron chi connectivity index (χ2n) is 5.81. The van der Waals surface area contributed by atoms with E-state index in [2.05, 4.69) is 9.72 Å². The van der Waals surface area contributed by atoms with Gasteiger partial charge in [0.25, 0.3) is 0 Å². The fourth-order valence-corrected chi connectivity index (χ4v) is 3.69. The molecule has 2 aromatic carbocycles. The molecule has 25 heavy (non-hydrogen) atoms. The second-order valence-corrected chi connectivity index (χ2v) is 6.75. The van der Waals surface area contributed by atoms with Gasteiger partial charge in [-0.3, -0.25) is 9.20 Å². The van der Waals surface area contributed by atoms with Crippen molar-refractivity contribution >= 4 is 45.3 Å². The molecular weight excluding hydrogens is 332 g/mol. The summed E-state index contributed by atoms with van der Waals surface area (Å²) in [5, 5.41) is 4.71. The van der Waals surface area contributed by atoms with Gasteiger partial charge in [-0.05, 0) is 30.7 Å². The Morgan fingerprint density at radius 3 is 2.68 bits per heavy atom. The van der Waals surface area contributed by atoms with Gasteiger partial charge in [0.1, 0.15) is 5.65 Å². The highest BCUT2D eigenvalue weighted by molar-refractivity contribution is 7.99. The Balaban J connectivity index is 1.84. The number of carbonyl (C=O) groups excluding carboxylic acids is 1. The zero-order valence-electron chi connectivity index (χ0n) is 13.9. The van der Waals surface area contributed by atoms with Crippen molar-refractivity contribution in [2.24, 2.45) is 0 Å². The van der Waals surface area contributed by atoms with Gasteiger partial charge < -0.3 is 5.32 Å². The van der Waals surface area contributed by atoms with E-state index in [0.29, 0.717) is 12.3 Å². The lowest BCUT2D eigenvalue weighted by Crippen LogP contribution is -2.25. The maximum Gasteiger partial charge on any atom is 0.230 e. The number of hydrogen-bond acceptors (Lipinski definition) is 4. The van der Waals surface area contributed by atoms with E-state index in [-0.39, 0.29) is 5.91 Å². The molecule has 0 radical (unpaired) electrons. The highest BCUT2D eigenvalue weighted by atomic mass is 32.2. The molecule has 2 heterocycles. The lowest BCUT2D eigenvalue weighted by Gasteiger charge is -2.08. The maximum atomic E-state index is 12.0. The Labute approximate surface area is 149 Å². The van der Waals surface area contributed by atoms with Crippen LogP contribution in [0.3, 0.4) is 0 Å². The van der Waals surface area contributed by atoms with E-state index >= 15 is 0 Å². The molecule has 1 N–H and O–H groups in total. The summed E-state index contributed by atoms with van der Waals surface area (Å²) in [6, 6.07) is 16.0. The number of amides is 1. The van der Waals surface area contributed by atoms with Crippen LogP contribution in [0.1, 0.15) is 13.3 Å². The molecule has 6 heteroatoms. The number of imidazole rings is 1. The van der Waals surface area contributed by atoms with Crippen molar-refractivity contribution in [2.45, 2.75) is 18.5 Å². The fraction of sp³-hybridized carbons (Fsp3) is 0.211. The van der Waals surface area contributed by atoms with Crippen LogP contribution in [0, 0.1) is 0 Å². The fourth-order valence-electron chi connectivity index (χ4n) is 2.86. The molecule has 0 fully saturated rings. The van der Waals surface area contributed by atoms with E-state index < -0.39 is 0 Å². The lowest BCUT2D eigenvalue weighted by atomic mass is 10.2. The summed E-state index contributed by atoms with van der Waals surface area (Å²) >= 11 is 1.44. The standard InChI is InChI=1S/C19H18N4OS/c1-2-11-20-17(24)12-25-19-22-14-8-4-3-7-13(14)18-21-15-9-5-6-10-16(15)23(18)19/h3-10H,2,11-12H2,1H3,(H,20,24). The molecule has 1 amide bonds. The minimum atomic E-state index is 0.0272. The number of rotatable bonds is 5. The third-order valence-electron chi connectivity index (χ3n) is 4.02. The van der Waals surface area contributed by atoms with Crippen LogP contribution in [0.5, 0.6) is 0 Å². The Morgan fingerprint density at radius 2 is 1.84 bits per heavy atom. The van der Waals surface area contributed by atoms with Crippen molar-refractivity contribution in [3.05, 3.63) is 48.5 Å². The highest BCUT2D eigenvalue weighted by Gasteiger charge is 2.14. The zero-order valence-corrected chi connectivity index (χ0v) is 14.7. The summed E-state index contributed by atoms with van der Waals surface area (Å²) in [6.07, 6.45) is 0.932. The largest absolute Gasteiger partial charge is 0.355 e. The molecule has 126 valence electrons. The first-order valence-electron chi connectivity index (χ1n) is 8.33. The summed E-state index contributed by atoms with van der Waals surface area (Å²) in [5.41, 5.74) is 3.70. The van der Waals surface area contributed by atoms with Gasteiger partial charge in [-0.25, -0.2) is 9.97 Å². The van der Waals surface area contributed by atoms with Crippen LogP contribution in [0.2, 0.25) is 0 Å². The number of fused-ring (bicyclic) bond motifs is 5. The van der Waals surface area contributed by atoms with E-state index in [1.807, 2.05) is 55.5 Å². The smallest absolute Gasteiger partial charge is 0.230 e. The number of para-hydroxylation sites is 3. The Bertz CT molecular complexity index is 1070. The van der Waals surface area contributed by atoms with Crippen molar-refractivity contribution in [3.8, 4) is 0 Å². The first-order valence-corrected chi connectivity index (χ1v) is 9.32. The molecule has 0 saturated carbocycles. The normalized spacial score (nSPS) is 11.4. The van der Waals surface area contributed by atoms with Gasteiger partial charge in [0, 0.05) is 11.9 Å². The number of hydrogen-bond donors (Lipinski definition) is 1. The molecule has 2 aromatic heterocycles. The maximum absolute atomic E-state index is 12.0. The molecule has 4 aromatic rings. The SMILES string of the molecule is CCCNC(=O)CSc1nc2ccccc2c2nc3ccccc3n12. The summed E-state index contributed by atoms with van der Waals surface area (Å²) in [5.74, 6) is 0.367. The molecule has 5 nitrogen and oxygen atoms in total. The van der Waals surface area contributed by atoms with E-state index in [4.69, 9.17) is 9.97 Å². The Kier molecular flexibility index (Phi) is 4.28. The van der Waals surface area contributed by atoms with Gasteiger partial charge in [-0.15, -0.1) is 0 Å². The van der Waals surface area contributed by atoms with Crippen LogP contribution >= 0.6 is 11.8 Å². The number of aromatic nitrogens is 3. The van der Waals surface area contributed by atoms with Gasteiger partial charge in [0.05, 0.1) is 22.3 Å². The zero-order chi connectivity index (χ0) is 17.2. The number of carbonyl (C=O) groups is 1. The van der Waals surface area contributed by atoms with Crippen LogP contribution in [0.4, 0.5) is 0 Å². The molecule has 0 atom stereocenters.